The van der Waals surface area contributed by atoms with Gasteiger partial charge in [-0.05, 0) is 30.9 Å². The van der Waals surface area contributed by atoms with Gasteiger partial charge in [0.05, 0.1) is 11.9 Å². The summed E-state index contributed by atoms with van der Waals surface area (Å²) in [6, 6.07) is 6.34. The van der Waals surface area contributed by atoms with Gasteiger partial charge in [-0.2, -0.15) is 0 Å². The summed E-state index contributed by atoms with van der Waals surface area (Å²) in [5, 5.41) is 4.96. The number of nitrogens with zero attached hydrogens (tertiary/aromatic N) is 1. The number of oxazole rings is 1. The molecule has 3 rings (SSSR count). The van der Waals surface area contributed by atoms with Crippen LogP contribution in [-0.2, 0) is 20.9 Å². The summed E-state index contributed by atoms with van der Waals surface area (Å²) in [6.07, 6.45) is 4.03. The Kier molecular flexibility index (Phi) is 6.69. The quantitative estimate of drug-likeness (QED) is 0.711. The van der Waals surface area contributed by atoms with Crippen molar-refractivity contribution in [2.75, 3.05) is 6.61 Å². The number of esters is 1. The molecule has 0 bridgehead atoms. The Hall–Kier alpha value is -3.10. The molecule has 1 aromatic heterocycles. The van der Waals surface area contributed by atoms with E-state index in [1.54, 1.807) is 24.3 Å². The molecule has 156 valence electrons. The van der Waals surface area contributed by atoms with Crippen molar-refractivity contribution in [3.05, 3.63) is 34.8 Å². The van der Waals surface area contributed by atoms with E-state index in [9.17, 15) is 19.2 Å². The van der Waals surface area contributed by atoms with E-state index in [1.165, 1.54) is 4.57 Å². The number of ether oxygens (including phenoxy) is 1. The third-order valence-corrected chi connectivity index (χ3v) is 5.16. The van der Waals surface area contributed by atoms with Crippen molar-refractivity contribution in [2.45, 2.75) is 51.6 Å². The van der Waals surface area contributed by atoms with E-state index in [2.05, 4.69) is 17.6 Å². The number of imide groups is 1. The van der Waals surface area contributed by atoms with E-state index in [0.717, 1.165) is 25.7 Å². The third-order valence-electron chi connectivity index (χ3n) is 5.16. The van der Waals surface area contributed by atoms with Crippen molar-refractivity contribution >= 4 is 29.0 Å². The number of carbonyl (C=O) groups excluding carboxylic acids is 3. The molecule has 3 amide bonds. The summed E-state index contributed by atoms with van der Waals surface area (Å²) in [5.41, 5.74) is 1.01. The molecule has 9 heteroatoms. The summed E-state index contributed by atoms with van der Waals surface area (Å²) < 4.78 is 11.3. The molecule has 9 nitrogen and oxygen atoms in total. The second-order valence-corrected chi connectivity index (χ2v) is 7.29. The van der Waals surface area contributed by atoms with E-state index < -0.39 is 30.3 Å². The number of urea groups is 1. The Balaban J connectivity index is 1.40. The van der Waals surface area contributed by atoms with Crippen molar-refractivity contribution in [2.24, 2.45) is 5.92 Å². The molecule has 0 radical (unpaired) electrons. The first-order valence-corrected chi connectivity index (χ1v) is 9.78. The average Bonchev–Trinajstić information content (AvgIpc) is 3.01. The van der Waals surface area contributed by atoms with Crippen LogP contribution in [-0.4, -0.2) is 35.1 Å². The number of rotatable bonds is 6. The molecule has 2 N–H and O–H groups in total. The van der Waals surface area contributed by atoms with Gasteiger partial charge in [0.25, 0.3) is 5.91 Å². The summed E-state index contributed by atoms with van der Waals surface area (Å²) in [7, 11) is 0. The zero-order valence-corrected chi connectivity index (χ0v) is 16.3. The molecule has 1 aliphatic rings. The fourth-order valence-electron chi connectivity index (χ4n) is 3.54. The minimum atomic E-state index is -0.703. The van der Waals surface area contributed by atoms with Crippen LogP contribution in [0, 0.1) is 5.92 Å². The van der Waals surface area contributed by atoms with Crippen LogP contribution >= 0.6 is 0 Å². The minimum Gasteiger partial charge on any atom is -0.456 e. The molecule has 2 atom stereocenters. The largest absolute Gasteiger partial charge is 0.456 e. The fourth-order valence-corrected chi connectivity index (χ4v) is 3.54. The van der Waals surface area contributed by atoms with E-state index in [1.807, 2.05) is 0 Å². The zero-order chi connectivity index (χ0) is 20.8. The van der Waals surface area contributed by atoms with Crippen LogP contribution < -0.4 is 16.4 Å². The smallest absolute Gasteiger partial charge is 0.419 e. The number of carbonyl (C=O) groups is 3. The van der Waals surface area contributed by atoms with Gasteiger partial charge in [-0.3, -0.25) is 19.5 Å². The topological polar surface area (TPSA) is 120 Å². The van der Waals surface area contributed by atoms with Gasteiger partial charge in [-0.15, -0.1) is 0 Å². The molecule has 1 heterocycles. The van der Waals surface area contributed by atoms with Gasteiger partial charge in [0, 0.05) is 12.6 Å². The van der Waals surface area contributed by atoms with Crippen molar-refractivity contribution in [3.8, 4) is 0 Å². The third kappa shape index (κ3) is 5.46. The van der Waals surface area contributed by atoms with E-state index in [4.69, 9.17) is 9.15 Å². The monoisotopic (exact) mass is 403 g/mol. The van der Waals surface area contributed by atoms with Gasteiger partial charge in [0.1, 0.15) is 0 Å². The highest BCUT2D eigenvalue weighted by atomic mass is 16.5. The maximum atomic E-state index is 11.9. The number of amides is 3. The van der Waals surface area contributed by atoms with E-state index in [-0.39, 0.29) is 19.0 Å². The highest BCUT2D eigenvalue weighted by Gasteiger charge is 2.23. The lowest BCUT2D eigenvalue weighted by Gasteiger charge is -2.29. The summed E-state index contributed by atoms with van der Waals surface area (Å²) >= 11 is 0. The normalized spacial score (nSPS) is 18.9. The van der Waals surface area contributed by atoms with Crippen LogP contribution in [0.2, 0.25) is 0 Å². The first-order chi connectivity index (χ1) is 13.9. The lowest BCUT2D eigenvalue weighted by atomic mass is 9.86. The SMILES string of the molecule is CC1CCCCC1NC(=O)NC(=O)COC(=O)CCn1c(=O)oc2ccccc21. The van der Waals surface area contributed by atoms with Crippen molar-refractivity contribution in [1.82, 2.24) is 15.2 Å². The molecule has 1 aliphatic carbocycles. The number of benzene rings is 1. The van der Waals surface area contributed by atoms with Gasteiger partial charge in [0.2, 0.25) is 0 Å². The summed E-state index contributed by atoms with van der Waals surface area (Å²) in [4.78, 5) is 47.5. The standard InChI is InChI=1S/C20H25N3O6/c1-13-6-2-3-7-14(13)21-19(26)22-17(24)12-28-18(25)10-11-23-15-8-4-5-9-16(15)29-20(23)27/h4-5,8-9,13-14H,2-3,6-7,10-12H2,1H3,(H2,21,22,24,26). The number of aryl methyl sites for hydroxylation is 1. The highest BCUT2D eigenvalue weighted by Crippen LogP contribution is 2.23. The molecule has 1 fully saturated rings. The molecule has 29 heavy (non-hydrogen) atoms. The van der Waals surface area contributed by atoms with Crippen LogP contribution in [0.3, 0.4) is 0 Å². The number of aromatic nitrogens is 1. The Morgan fingerprint density at radius 3 is 2.76 bits per heavy atom. The fraction of sp³-hybridized carbons (Fsp3) is 0.500. The molecule has 1 saturated carbocycles. The Bertz CT molecular complexity index is 947. The molecular weight excluding hydrogens is 378 g/mol. The number of hydrogen-bond acceptors (Lipinski definition) is 6. The lowest BCUT2D eigenvalue weighted by Crippen LogP contribution is -2.48. The highest BCUT2D eigenvalue weighted by molar-refractivity contribution is 5.95. The molecule has 2 unspecified atom stereocenters. The van der Waals surface area contributed by atoms with Crippen molar-refractivity contribution in [3.63, 3.8) is 0 Å². The minimum absolute atomic E-state index is 0.0437. The van der Waals surface area contributed by atoms with Crippen molar-refractivity contribution in [1.29, 1.82) is 0 Å². The summed E-state index contributed by atoms with van der Waals surface area (Å²) in [6.45, 7) is 1.58. The van der Waals surface area contributed by atoms with E-state index >= 15 is 0 Å². The maximum Gasteiger partial charge on any atom is 0.419 e. The van der Waals surface area contributed by atoms with Crippen LogP contribution in [0.1, 0.15) is 39.0 Å². The molecular formula is C20H25N3O6. The van der Waals surface area contributed by atoms with Crippen LogP contribution in [0.5, 0.6) is 0 Å². The van der Waals surface area contributed by atoms with E-state index in [0.29, 0.717) is 17.0 Å². The Morgan fingerprint density at radius 2 is 1.97 bits per heavy atom. The maximum absolute atomic E-state index is 11.9. The van der Waals surface area contributed by atoms with Crippen molar-refractivity contribution < 1.29 is 23.5 Å². The molecule has 0 aliphatic heterocycles. The average molecular weight is 403 g/mol. The molecule has 2 aromatic rings. The van der Waals surface area contributed by atoms with Gasteiger partial charge in [-0.1, -0.05) is 31.9 Å². The number of para-hydroxylation sites is 2. The number of nitrogens with one attached hydrogen (secondary N) is 2. The van der Waals surface area contributed by atoms with Gasteiger partial charge >= 0.3 is 17.8 Å². The molecule has 1 aromatic carbocycles. The second-order valence-electron chi connectivity index (χ2n) is 7.29. The Morgan fingerprint density at radius 1 is 1.21 bits per heavy atom. The van der Waals surface area contributed by atoms with Gasteiger partial charge in [-0.25, -0.2) is 9.59 Å². The second kappa shape index (κ2) is 9.40. The number of fused-ring (bicyclic) bond motifs is 1. The molecule has 0 saturated heterocycles. The molecule has 0 spiro atoms. The predicted octanol–water partition coefficient (Wildman–Crippen LogP) is 1.93. The van der Waals surface area contributed by atoms with Crippen LogP contribution in [0.15, 0.2) is 33.5 Å². The Labute approximate surface area is 167 Å². The first kappa shape index (κ1) is 20.6. The van der Waals surface area contributed by atoms with Gasteiger partial charge < -0.3 is 14.5 Å². The summed E-state index contributed by atoms with van der Waals surface area (Å²) in [5.74, 6) is -1.56. The number of hydrogen-bond donors (Lipinski definition) is 2. The van der Waals surface area contributed by atoms with Crippen LogP contribution in [0.4, 0.5) is 4.79 Å². The first-order valence-electron chi connectivity index (χ1n) is 9.78. The van der Waals surface area contributed by atoms with Crippen LogP contribution in [0.25, 0.3) is 11.1 Å². The predicted molar refractivity (Wildman–Crippen MR) is 104 cm³/mol. The van der Waals surface area contributed by atoms with Gasteiger partial charge in [0.15, 0.2) is 12.2 Å². The zero-order valence-electron chi connectivity index (χ0n) is 16.3. The lowest BCUT2D eigenvalue weighted by molar-refractivity contribution is -0.148.